The Morgan fingerprint density at radius 1 is 1.16 bits per heavy atom. The average molecular weight is 260 g/mol. The maximum absolute atomic E-state index is 9.05. The van der Waals surface area contributed by atoms with Crippen LogP contribution in [0.4, 0.5) is 0 Å². The highest BCUT2D eigenvalue weighted by Gasteiger charge is 2.12. The van der Waals surface area contributed by atoms with E-state index >= 15 is 0 Å². The lowest BCUT2D eigenvalue weighted by molar-refractivity contribution is 0.288. The van der Waals surface area contributed by atoms with Gasteiger partial charge in [-0.2, -0.15) is 0 Å². The van der Waals surface area contributed by atoms with Crippen LogP contribution >= 0.6 is 0 Å². The van der Waals surface area contributed by atoms with Gasteiger partial charge in [0.05, 0.1) is 5.52 Å². The Balaban J connectivity index is 2.52. The van der Waals surface area contributed by atoms with Crippen LogP contribution in [0.2, 0.25) is 0 Å². The highest BCUT2D eigenvalue weighted by atomic mass is 16.2. The molecule has 1 aromatic heterocycles. The Bertz CT molecular complexity index is 509. The van der Waals surface area contributed by atoms with E-state index in [1.165, 1.54) is 27.6 Å². The zero-order chi connectivity index (χ0) is 13.8. The zero-order valence-electron chi connectivity index (χ0n) is 11.9. The Morgan fingerprint density at radius 3 is 2.58 bits per heavy atom. The molecule has 0 aliphatic rings. The molecule has 0 aliphatic carbocycles. The molecule has 0 fully saturated rings. The number of aliphatic hydroxyl groups is 1. The number of nitrogens with zero attached hydrogens (tertiary/aromatic N) is 1. The molecule has 0 spiro atoms. The minimum atomic E-state index is 0.250. The van der Waals surface area contributed by atoms with Crippen LogP contribution in [0.5, 0.6) is 0 Å². The highest BCUT2D eigenvalue weighted by Crippen LogP contribution is 2.29. The summed E-state index contributed by atoms with van der Waals surface area (Å²) < 4.78 is 2.33. The standard InChI is InChI=1S/C16H24N2O/c1-12-6-7-13(2)16-15(12)14(5-3-10-19)11-18(16)9-4-8-17/h6-7,11,19H,3-5,8-10,17H2,1-2H3. The average Bonchev–Trinajstić information content (AvgIpc) is 2.78. The van der Waals surface area contributed by atoms with Crippen molar-refractivity contribution < 1.29 is 5.11 Å². The SMILES string of the molecule is Cc1ccc(C)c2c1c(CCCO)cn2CCCN. The molecule has 0 amide bonds. The molecule has 19 heavy (non-hydrogen) atoms. The van der Waals surface area contributed by atoms with Crippen LogP contribution in [0.25, 0.3) is 10.9 Å². The van der Waals surface area contributed by atoms with E-state index in [1.54, 1.807) is 0 Å². The van der Waals surface area contributed by atoms with Crippen LogP contribution < -0.4 is 5.73 Å². The Morgan fingerprint density at radius 2 is 1.89 bits per heavy atom. The third-order valence-electron chi connectivity index (χ3n) is 3.72. The van der Waals surface area contributed by atoms with Crippen molar-refractivity contribution in [2.75, 3.05) is 13.2 Å². The van der Waals surface area contributed by atoms with Gasteiger partial charge in [0.1, 0.15) is 0 Å². The summed E-state index contributed by atoms with van der Waals surface area (Å²) in [4.78, 5) is 0. The van der Waals surface area contributed by atoms with Crippen molar-refractivity contribution in [2.45, 2.75) is 39.7 Å². The molecule has 0 saturated carbocycles. The molecular weight excluding hydrogens is 236 g/mol. The van der Waals surface area contributed by atoms with Crippen molar-refractivity contribution in [2.24, 2.45) is 5.73 Å². The molecule has 1 aromatic carbocycles. The van der Waals surface area contributed by atoms with E-state index in [4.69, 9.17) is 10.8 Å². The van der Waals surface area contributed by atoms with Crippen LogP contribution in [0, 0.1) is 13.8 Å². The third-order valence-corrected chi connectivity index (χ3v) is 3.72. The fourth-order valence-electron chi connectivity index (χ4n) is 2.79. The van der Waals surface area contributed by atoms with Gasteiger partial charge in [-0.3, -0.25) is 0 Å². The van der Waals surface area contributed by atoms with Crippen molar-refractivity contribution in [3.63, 3.8) is 0 Å². The third kappa shape index (κ3) is 2.82. The van der Waals surface area contributed by atoms with Gasteiger partial charge in [0, 0.05) is 24.7 Å². The summed E-state index contributed by atoms with van der Waals surface area (Å²) in [6.07, 6.45) is 5.00. The number of nitrogens with two attached hydrogens (primary N) is 1. The van der Waals surface area contributed by atoms with Gasteiger partial charge in [-0.05, 0) is 56.3 Å². The normalized spacial score (nSPS) is 11.4. The quantitative estimate of drug-likeness (QED) is 0.838. The number of aromatic nitrogens is 1. The first-order chi connectivity index (χ1) is 9.19. The first kappa shape index (κ1) is 14.1. The Hall–Kier alpha value is -1.32. The zero-order valence-corrected chi connectivity index (χ0v) is 11.9. The maximum atomic E-state index is 9.05. The predicted molar refractivity (Wildman–Crippen MR) is 80.5 cm³/mol. The van der Waals surface area contributed by atoms with E-state index < -0.39 is 0 Å². The number of aliphatic hydroxyl groups excluding tert-OH is 1. The second kappa shape index (κ2) is 6.22. The number of rotatable bonds is 6. The summed E-state index contributed by atoms with van der Waals surface area (Å²) in [6, 6.07) is 4.37. The van der Waals surface area contributed by atoms with E-state index in [1.807, 2.05) is 0 Å². The van der Waals surface area contributed by atoms with E-state index in [-0.39, 0.29) is 6.61 Å². The van der Waals surface area contributed by atoms with Crippen molar-refractivity contribution in [1.82, 2.24) is 4.57 Å². The molecule has 0 aliphatic heterocycles. The van der Waals surface area contributed by atoms with Crippen LogP contribution in [0.3, 0.4) is 0 Å². The lowest BCUT2D eigenvalue weighted by Gasteiger charge is -2.08. The van der Waals surface area contributed by atoms with Gasteiger partial charge in [0.15, 0.2) is 0 Å². The van der Waals surface area contributed by atoms with Crippen molar-refractivity contribution >= 4 is 10.9 Å². The molecule has 0 saturated heterocycles. The molecular formula is C16H24N2O. The van der Waals surface area contributed by atoms with E-state index in [0.717, 1.165) is 32.4 Å². The molecule has 2 rings (SSSR count). The molecule has 0 radical (unpaired) electrons. The van der Waals surface area contributed by atoms with Gasteiger partial charge in [-0.1, -0.05) is 12.1 Å². The van der Waals surface area contributed by atoms with Gasteiger partial charge in [0.25, 0.3) is 0 Å². The van der Waals surface area contributed by atoms with Gasteiger partial charge in [-0.25, -0.2) is 0 Å². The summed E-state index contributed by atoms with van der Waals surface area (Å²) in [6.45, 7) is 6.27. The highest BCUT2D eigenvalue weighted by molar-refractivity contribution is 5.89. The van der Waals surface area contributed by atoms with Crippen molar-refractivity contribution in [3.05, 3.63) is 35.0 Å². The second-order valence-corrected chi connectivity index (χ2v) is 5.24. The fraction of sp³-hybridized carbons (Fsp3) is 0.500. The van der Waals surface area contributed by atoms with Gasteiger partial charge in [-0.15, -0.1) is 0 Å². The Kier molecular flexibility index (Phi) is 4.61. The van der Waals surface area contributed by atoms with Crippen LogP contribution in [0.1, 0.15) is 29.5 Å². The van der Waals surface area contributed by atoms with Crippen LogP contribution in [-0.4, -0.2) is 22.8 Å². The van der Waals surface area contributed by atoms with Crippen LogP contribution in [-0.2, 0) is 13.0 Å². The summed E-state index contributed by atoms with van der Waals surface area (Å²) in [5, 5.41) is 10.4. The predicted octanol–water partition coefficient (Wildman–Crippen LogP) is 2.53. The molecule has 3 nitrogen and oxygen atoms in total. The maximum Gasteiger partial charge on any atom is 0.0515 e. The minimum absolute atomic E-state index is 0.250. The van der Waals surface area contributed by atoms with E-state index in [0.29, 0.717) is 0 Å². The minimum Gasteiger partial charge on any atom is -0.396 e. The van der Waals surface area contributed by atoms with E-state index in [2.05, 4.69) is 36.7 Å². The lowest BCUT2D eigenvalue weighted by Crippen LogP contribution is -2.05. The molecule has 1 heterocycles. The fourth-order valence-corrected chi connectivity index (χ4v) is 2.79. The van der Waals surface area contributed by atoms with Gasteiger partial charge < -0.3 is 15.4 Å². The number of aryl methyl sites for hydroxylation is 4. The monoisotopic (exact) mass is 260 g/mol. The first-order valence-electron chi connectivity index (χ1n) is 7.08. The van der Waals surface area contributed by atoms with E-state index in [9.17, 15) is 0 Å². The smallest absolute Gasteiger partial charge is 0.0515 e. The van der Waals surface area contributed by atoms with Gasteiger partial charge in [0.2, 0.25) is 0 Å². The number of benzene rings is 1. The molecule has 2 aromatic rings. The van der Waals surface area contributed by atoms with Crippen molar-refractivity contribution in [1.29, 1.82) is 0 Å². The Labute approximate surface area is 115 Å². The number of hydrogen-bond donors (Lipinski definition) is 2. The molecule has 104 valence electrons. The summed E-state index contributed by atoms with van der Waals surface area (Å²) in [5.41, 5.74) is 10.9. The second-order valence-electron chi connectivity index (χ2n) is 5.24. The molecule has 0 atom stereocenters. The number of hydrogen-bond acceptors (Lipinski definition) is 2. The van der Waals surface area contributed by atoms with Gasteiger partial charge >= 0.3 is 0 Å². The molecule has 0 unspecified atom stereocenters. The largest absolute Gasteiger partial charge is 0.396 e. The number of fused-ring (bicyclic) bond motifs is 1. The van der Waals surface area contributed by atoms with Crippen LogP contribution in [0.15, 0.2) is 18.3 Å². The van der Waals surface area contributed by atoms with Crippen molar-refractivity contribution in [3.8, 4) is 0 Å². The topological polar surface area (TPSA) is 51.2 Å². The molecule has 3 heteroatoms. The summed E-state index contributed by atoms with van der Waals surface area (Å²) in [7, 11) is 0. The first-order valence-corrected chi connectivity index (χ1v) is 7.08. The molecule has 3 N–H and O–H groups in total. The molecule has 0 bridgehead atoms. The summed E-state index contributed by atoms with van der Waals surface area (Å²) in [5.74, 6) is 0. The lowest BCUT2D eigenvalue weighted by atomic mass is 10.0. The summed E-state index contributed by atoms with van der Waals surface area (Å²) >= 11 is 0.